The van der Waals surface area contributed by atoms with Gasteiger partial charge in [0, 0.05) is 13.1 Å². The zero-order valence-corrected chi connectivity index (χ0v) is 12.0. The monoisotopic (exact) mass is 263 g/mol. The number of rotatable bonds is 3. The van der Waals surface area contributed by atoms with E-state index in [-0.39, 0.29) is 5.92 Å². The number of nitrogens with zero attached hydrogens (tertiary/aromatic N) is 3. The number of carboxylic acid groups (broad SMARTS) is 1. The van der Waals surface area contributed by atoms with Crippen LogP contribution in [-0.4, -0.2) is 34.1 Å². The average molecular weight is 263 g/mol. The quantitative estimate of drug-likeness (QED) is 0.903. The lowest BCUT2D eigenvalue weighted by molar-refractivity contribution is -0.150. The number of hydrogen-bond acceptors (Lipinski definition) is 4. The molecule has 2 rings (SSSR count). The predicted molar refractivity (Wildman–Crippen MR) is 73.2 cm³/mol. The molecule has 0 radical (unpaired) electrons. The lowest BCUT2D eigenvalue weighted by Gasteiger charge is -2.28. The Hall–Kier alpha value is -1.65. The highest BCUT2D eigenvalue weighted by Crippen LogP contribution is 2.39. The maximum absolute atomic E-state index is 11.6. The molecule has 0 aromatic carbocycles. The molecular formula is C14H21N3O2. The highest BCUT2D eigenvalue weighted by atomic mass is 16.4. The van der Waals surface area contributed by atoms with Crippen LogP contribution in [0, 0.1) is 25.2 Å². The second-order valence-electron chi connectivity index (χ2n) is 5.69. The molecule has 2 heterocycles. The third-order valence-corrected chi connectivity index (χ3v) is 4.34. The summed E-state index contributed by atoms with van der Waals surface area (Å²) < 4.78 is 0. The van der Waals surface area contributed by atoms with E-state index in [1.54, 1.807) is 6.20 Å². The van der Waals surface area contributed by atoms with Crippen molar-refractivity contribution in [2.75, 3.05) is 18.0 Å². The van der Waals surface area contributed by atoms with Crippen molar-refractivity contribution in [3.05, 3.63) is 17.6 Å². The fourth-order valence-electron chi connectivity index (χ4n) is 2.60. The zero-order chi connectivity index (χ0) is 14.2. The van der Waals surface area contributed by atoms with Crippen molar-refractivity contribution in [3.8, 4) is 0 Å². The molecule has 1 aromatic rings. The van der Waals surface area contributed by atoms with Gasteiger partial charge in [0.1, 0.15) is 5.82 Å². The summed E-state index contributed by atoms with van der Waals surface area (Å²) in [5, 5.41) is 9.53. The number of aromatic nitrogens is 2. The summed E-state index contributed by atoms with van der Waals surface area (Å²) in [4.78, 5) is 22.5. The smallest absolute Gasteiger partial charge is 0.311 e. The van der Waals surface area contributed by atoms with Crippen LogP contribution in [0.25, 0.3) is 0 Å². The van der Waals surface area contributed by atoms with Crippen molar-refractivity contribution in [1.82, 2.24) is 9.97 Å². The molecule has 5 heteroatoms. The molecule has 0 bridgehead atoms. The Morgan fingerprint density at radius 2 is 2.11 bits per heavy atom. The topological polar surface area (TPSA) is 66.3 Å². The van der Waals surface area contributed by atoms with Gasteiger partial charge in [-0.1, -0.05) is 13.8 Å². The Morgan fingerprint density at radius 1 is 1.42 bits per heavy atom. The van der Waals surface area contributed by atoms with Gasteiger partial charge < -0.3 is 10.0 Å². The predicted octanol–water partition coefficient (Wildman–Crippen LogP) is 2.03. The molecule has 0 saturated carbocycles. The largest absolute Gasteiger partial charge is 0.481 e. The number of anilines is 1. The Labute approximate surface area is 113 Å². The van der Waals surface area contributed by atoms with Crippen molar-refractivity contribution in [3.63, 3.8) is 0 Å². The summed E-state index contributed by atoms with van der Waals surface area (Å²) in [6.07, 6.45) is 2.40. The summed E-state index contributed by atoms with van der Waals surface area (Å²) >= 11 is 0. The van der Waals surface area contributed by atoms with Crippen LogP contribution in [0.3, 0.4) is 0 Å². The van der Waals surface area contributed by atoms with Gasteiger partial charge in [0.05, 0.1) is 23.0 Å². The minimum atomic E-state index is -0.707. The number of carbonyl (C=O) groups is 1. The molecule has 0 aliphatic carbocycles. The van der Waals surface area contributed by atoms with Crippen molar-refractivity contribution < 1.29 is 9.90 Å². The molecule has 1 fully saturated rings. The summed E-state index contributed by atoms with van der Waals surface area (Å²) in [5.41, 5.74) is 1.15. The normalized spacial score (nSPS) is 23.1. The molecule has 1 aliphatic heterocycles. The molecule has 1 N–H and O–H groups in total. The number of carboxylic acids is 1. The van der Waals surface area contributed by atoms with Gasteiger partial charge in [-0.3, -0.25) is 9.78 Å². The fourth-order valence-corrected chi connectivity index (χ4v) is 2.60. The highest BCUT2D eigenvalue weighted by Gasteiger charge is 2.47. The lowest BCUT2D eigenvalue weighted by Crippen LogP contribution is -2.39. The second kappa shape index (κ2) is 4.79. The van der Waals surface area contributed by atoms with Crippen LogP contribution >= 0.6 is 0 Å². The van der Waals surface area contributed by atoms with E-state index < -0.39 is 11.4 Å². The molecule has 1 aromatic heterocycles. The molecule has 19 heavy (non-hydrogen) atoms. The van der Waals surface area contributed by atoms with Crippen LogP contribution in [0.5, 0.6) is 0 Å². The van der Waals surface area contributed by atoms with Gasteiger partial charge in [-0.15, -0.1) is 0 Å². The van der Waals surface area contributed by atoms with Crippen molar-refractivity contribution in [2.24, 2.45) is 11.3 Å². The van der Waals surface area contributed by atoms with Crippen LogP contribution < -0.4 is 4.90 Å². The van der Waals surface area contributed by atoms with Gasteiger partial charge in [0.2, 0.25) is 0 Å². The number of aryl methyl sites for hydroxylation is 2. The zero-order valence-electron chi connectivity index (χ0n) is 12.0. The summed E-state index contributed by atoms with van der Waals surface area (Å²) in [7, 11) is 0. The SMILES string of the molecule is Cc1ncc(N2CCC(C(=O)O)(C(C)C)C2)nc1C. The minimum absolute atomic E-state index is 0.106. The lowest BCUT2D eigenvalue weighted by atomic mass is 9.76. The molecule has 5 nitrogen and oxygen atoms in total. The molecular weight excluding hydrogens is 242 g/mol. The van der Waals surface area contributed by atoms with E-state index in [2.05, 4.69) is 9.97 Å². The molecule has 0 spiro atoms. The third kappa shape index (κ3) is 2.29. The molecule has 104 valence electrons. The first kappa shape index (κ1) is 13.8. The minimum Gasteiger partial charge on any atom is -0.481 e. The molecule has 0 amide bonds. The highest BCUT2D eigenvalue weighted by molar-refractivity contribution is 5.77. The molecule has 1 unspecified atom stereocenters. The fraction of sp³-hybridized carbons (Fsp3) is 0.643. The van der Waals surface area contributed by atoms with Gasteiger partial charge in [0.25, 0.3) is 0 Å². The summed E-state index contributed by atoms with van der Waals surface area (Å²) in [6, 6.07) is 0. The van der Waals surface area contributed by atoms with Gasteiger partial charge in [-0.05, 0) is 26.2 Å². The van der Waals surface area contributed by atoms with Crippen molar-refractivity contribution >= 4 is 11.8 Å². The van der Waals surface area contributed by atoms with E-state index in [0.717, 1.165) is 23.8 Å². The van der Waals surface area contributed by atoms with Crippen molar-refractivity contribution in [2.45, 2.75) is 34.1 Å². The van der Waals surface area contributed by atoms with Crippen LogP contribution in [0.1, 0.15) is 31.7 Å². The third-order valence-electron chi connectivity index (χ3n) is 4.34. The average Bonchev–Trinajstić information content (AvgIpc) is 2.79. The molecule has 1 aliphatic rings. The van der Waals surface area contributed by atoms with E-state index in [0.29, 0.717) is 13.0 Å². The van der Waals surface area contributed by atoms with Crippen LogP contribution in [0.4, 0.5) is 5.82 Å². The Balaban J connectivity index is 2.26. The first-order valence-electron chi connectivity index (χ1n) is 6.65. The Kier molecular flexibility index (Phi) is 3.47. The second-order valence-corrected chi connectivity index (χ2v) is 5.69. The van der Waals surface area contributed by atoms with Gasteiger partial charge >= 0.3 is 5.97 Å². The standard InChI is InChI=1S/C14H21N3O2/c1-9(2)14(13(18)19)5-6-17(8-14)12-7-15-10(3)11(4)16-12/h7,9H,5-6,8H2,1-4H3,(H,18,19). The maximum Gasteiger partial charge on any atom is 0.311 e. The van der Waals surface area contributed by atoms with Gasteiger partial charge in [-0.25, -0.2) is 4.98 Å². The van der Waals surface area contributed by atoms with E-state index >= 15 is 0 Å². The van der Waals surface area contributed by atoms with E-state index in [1.807, 2.05) is 32.6 Å². The first-order valence-corrected chi connectivity index (χ1v) is 6.65. The van der Waals surface area contributed by atoms with Gasteiger partial charge in [0.15, 0.2) is 0 Å². The van der Waals surface area contributed by atoms with Crippen LogP contribution in [-0.2, 0) is 4.79 Å². The van der Waals surface area contributed by atoms with E-state index in [4.69, 9.17) is 0 Å². The summed E-state index contributed by atoms with van der Waals surface area (Å²) in [6.45, 7) is 9.03. The maximum atomic E-state index is 11.6. The van der Waals surface area contributed by atoms with E-state index in [9.17, 15) is 9.90 Å². The number of aliphatic carboxylic acids is 1. The van der Waals surface area contributed by atoms with E-state index in [1.165, 1.54) is 0 Å². The summed E-state index contributed by atoms with van der Waals surface area (Å²) in [5.74, 6) is 0.183. The van der Waals surface area contributed by atoms with Crippen LogP contribution in [0.2, 0.25) is 0 Å². The van der Waals surface area contributed by atoms with Crippen molar-refractivity contribution in [1.29, 1.82) is 0 Å². The first-order chi connectivity index (χ1) is 8.86. The number of hydrogen-bond donors (Lipinski definition) is 1. The molecule has 1 saturated heterocycles. The molecule has 1 atom stereocenters. The van der Waals surface area contributed by atoms with Crippen LogP contribution in [0.15, 0.2) is 6.20 Å². The Bertz CT molecular complexity index is 501. The Morgan fingerprint density at radius 3 is 2.58 bits per heavy atom. The van der Waals surface area contributed by atoms with Gasteiger partial charge in [-0.2, -0.15) is 0 Å².